The minimum Gasteiger partial charge on any atom is -0.322 e. The van der Waals surface area contributed by atoms with Crippen LogP contribution in [0.5, 0.6) is 0 Å². The summed E-state index contributed by atoms with van der Waals surface area (Å²) in [5.41, 5.74) is 2.46. The number of nitrogens with zero attached hydrogens (tertiary/aromatic N) is 1. The highest BCUT2D eigenvalue weighted by Gasteiger charge is 2.10. The first-order valence-corrected chi connectivity index (χ1v) is 8.09. The van der Waals surface area contributed by atoms with Crippen molar-refractivity contribution in [1.82, 2.24) is 4.90 Å². The summed E-state index contributed by atoms with van der Waals surface area (Å²) in [5.74, 6) is -0.572. The predicted molar refractivity (Wildman–Crippen MR) is 89.9 cm³/mol. The first-order chi connectivity index (χ1) is 11.2. The molecule has 1 fully saturated rings. The summed E-state index contributed by atoms with van der Waals surface area (Å²) in [5, 5.41) is 2.83. The van der Waals surface area contributed by atoms with Gasteiger partial charge >= 0.3 is 0 Å². The number of anilines is 1. The number of likely N-dealkylation sites (tertiary alicyclic amines) is 1. The molecule has 0 spiro atoms. The summed E-state index contributed by atoms with van der Waals surface area (Å²) in [7, 11) is 0. The third-order valence-electron chi connectivity index (χ3n) is 4.17. The van der Waals surface area contributed by atoms with E-state index in [-0.39, 0.29) is 11.7 Å². The van der Waals surface area contributed by atoms with Crippen LogP contribution in [-0.2, 0) is 6.54 Å². The molecule has 23 heavy (non-hydrogen) atoms. The molecule has 0 radical (unpaired) electrons. The van der Waals surface area contributed by atoms with Gasteiger partial charge in [0.05, 0.1) is 0 Å². The SMILES string of the molecule is O=C(Nc1ccc(CN2CCCCC2)cc1)c1ccc(F)cc1. The van der Waals surface area contributed by atoms with Gasteiger partial charge in [0, 0.05) is 17.8 Å². The summed E-state index contributed by atoms with van der Waals surface area (Å²) >= 11 is 0. The summed E-state index contributed by atoms with van der Waals surface area (Å²) in [6, 6.07) is 13.5. The third kappa shape index (κ3) is 4.39. The lowest BCUT2D eigenvalue weighted by atomic mass is 10.1. The molecule has 2 aromatic carbocycles. The Morgan fingerprint density at radius 2 is 1.61 bits per heavy atom. The fourth-order valence-corrected chi connectivity index (χ4v) is 2.87. The van der Waals surface area contributed by atoms with Crippen LogP contribution in [0.2, 0.25) is 0 Å². The Bertz CT molecular complexity index is 646. The average molecular weight is 312 g/mol. The van der Waals surface area contributed by atoms with E-state index >= 15 is 0 Å². The van der Waals surface area contributed by atoms with Gasteiger partial charge in [0.25, 0.3) is 5.91 Å². The fraction of sp³-hybridized carbons (Fsp3) is 0.316. The van der Waals surface area contributed by atoms with Crippen molar-refractivity contribution >= 4 is 11.6 Å². The Kier molecular flexibility index (Phi) is 5.03. The van der Waals surface area contributed by atoms with E-state index < -0.39 is 0 Å². The van der Waals surface area contributed by atoms with Crippen LogP contribution < -0.4 is 5.32 Å². The Hall–Kier alpha value is -2.20. The van der Waals surface area contributed by atoms with E-state index in [1.54, 1.807) is 0 Å². The topological polar surface area (TPSA) is 32.3 Å². The Morgan fingerprint density at radius 1 is 0.957 bits per heavy atom. The first kappa shape index (κ1) is 15.7. The Labute approximate surface area is 136 Å². The van der Waals surface area contributed by atoms with Gasteiger partial charge in [0.1, 0.15) is 5.82 Å². The molecule has 0 aliphatic carbocycles. The van der Waals surface area contributed by atoms with E-state index in [1.165, 1.54) is 62.2 Å². The number of rotatable bonds is 4. The summed E-state index contributed by atoms with van der Waals surface area (Å²) in [6.07, 6.45) is 3.91. The molecule has 0 bridgehead atoms. The van der Waals surface area contributed by atoms with Gasteiger partial charge in [-0.05, 0) is 67.9 Å². The molecule has 4 heteroatoms. The molecule has 0 aromatic heterocycles. The van der Waals surface area contributed by atoms with Gasteiger partial charge in [-0.15, -0.1) is 0 Å². The molecule has 1 N–H and O–H groups in total. The molecule has 1 aliphatic rings. The van der Waals surface area contributed by atoms with Crippen molar-refractivity contribution in [3.8, 4) is 0 Å². The highest BCUT2D eigenvalue weighted by molar-refractivity contribution is 6.04. The Balaban J connectivity index is 1.58. The smallest absolute Gasteiger partial charge is 0.255 e. The van der Waals surface area contributed by atoms with Crippen molar-refractivity contribution in [2.45, 2.75) is 25.8 Å². The lowest BCUT2D eigenvalue weighted by Crippen LogP contribution is -2.29. The minimum absolute atomic E-state index is 0.228. The second-order valence-electron chi connectivity index (χ2n) is 5.99. The summed E-state index contributed by atoms with van der Waals surface area (Å²) in [6.45, 7) is 3.30. The van der Waals surface area contributed by atoms with E-state index in [0.717, 1.165) is 12.2 Å². The second-order valence-corrected chi connectivity index (χ2v) is 5.99. The largest absolute Gasteiger partial charge is 0.322 e. The molecular weight excluding hydrogens is 291 g/mol. The van der Waals surface area contributed by atoms with Crippen LogP contribution in [0.4, 0.5) is 10.1 Å². The van der Waals surface area contributed by atoms with Crippen LogP contribution in [0, 0.1) is 5.82 Å². The first-order valence-electron chi connectivity index (χ1n) is 8.09. The van der Waals surface area contributed by atoms with Crippen molar-refractivity contribution in [3.05, 3.63) is 65.5 Å². The number of benzene rings is 2. The van der Waals surface area contributed by atoms with Gasteiger partial charge in [-0.3, -0.25) is 9.69 Å². The second kappa shape index (κ2) is 7.38. The van der Waals surface area contributed by atoms with Gasteiger partial charge in [0.2, 0.25) is 0 Å². The zero-order valence-electron chi connectivity index (χ0n) is 13.1. The average Bonchev–Trinajstić information content (AvgIpc) is 2.58. The van der Waals surface area contributed by atoms with E-state index in [1.807, 2.05) is 12.1 Å². The minimum atomic E-state index is -0.344. The van der Waals surface area contributed by atoms with E-state index in [9.17, 15) is 9.18 Å². The summed E-state index contributed by atoms with van der Waals surface area (Å²) < 4.78 is 12.9. The number of hydrogen-bond donors (Lipinski definition) is 1. The van der Waals surface area contributed by atoms with Crippen LogP contribution in [-0.4, -0.2) is 23.9 Å². The molecule has 3 nitrogen and oxygen atoms in total. The van der Waals surface area contributed by atoms with Crippen LogP contribution in [0.25, 0.3) is 0 Å². The van der Waals surface area contributed by atoms with Crippen molar-refractivity contribution in [2.75, 3.05) is 18.4 Å². The maximum absolute atomic E-state index is 12.9. The third-order valence-corrected chi connectivity index (χ3v) is 4.17. The molecule has 1 aliphatic heterocycles. The molecular formula is C19H21FN2O. The number of nitrogens with one attached hydrogen (secondary N) is 1. The number of amides is 1. The number of hydrogen-bond acceptors (Lipinski definition) is 2. The van der Waals surface area contributed by atoms with Crippen molar-refractivity contribution in [3.63, 3.8) is 0 Å². The molecule has 1 heterocycles. The van der Waals surface area contributed by atoms with Gasteiger partial charge in [0.15, 0.2) is 0 Å². The standard InChI is InChI=1S/C19H21FN2O/c20-17-8-6-16(7-9-17)19(23)21-18-10-4-15(5-11-18)14-22-12-2-1-3-13-22/h4-11H,1-3,12-14H2,(H,21,23). The van der Waals surface area contributed by atoms with Crippen molar-refractivity contribution < 1.29 is 9.18 Å². The van der Waals surface area contributed by atoms with E-state index in [2.05, 4.69) is 22.3 Å². The van der Waals surface area contributed by atoms with Crippen LogP contribution >= 0.6 is 0 Å². The quantitative estimate of drug-likeness (QED) is 0.923. The zero-order chi connectivity index (χ0) is 16.1. The molecule has 2 aromatic rings. The van der Waals surface area contributed by atoms with Crippen LogP contribution in [0.3, 0.4) is 0 Å². The maximum Gasteiger partial charge on any atom is 0.255 e. The van der Waals surface area contributed by atoms with Crippen LogP contribution in [0.1, 0.15) is 35.2 Å². The van der Waals surface area contributed by atoms with E-state index in [4.69, 9.17) is 0 Å². The van der Waals surface area contributed by atoms with Gasteiger partial charge in [-0.1, -0.05) is 18.6 Å². The molecule has 3 rings (SSSR count). The molecule has 0 atom stereocenters. The summed E-state index contributed by atoms with van der Waals surface area (Å²) in [4.78, 5) is 14.6. The molecule has 1 saturated heterocycles. The fourth-order valence-electron chi connectivity index (χ4n) is 2.87. The number of halogens is 1. The highest BCUT2D eigenvalue weighted by Crippen LogP contribution is 2.16. The van der Waals surface area contributed by atoms with Gasteiger partial charge in [-0.25, -0.2) is 4.39 Å². The monoisotopic (exact) mass is 312 g/mol. The molecule has 0 saturated carbocycles. The maximum atomic E-state index is 12.9. The molecule has 1 amide bonds. The zero-order valence-corrected chi connectivity index (χ0v) is 13.1. The normalized spacial score (nSPS) is 15.3. The number of piperidine rings is 1. The Morgan fingerprint density at radius 3 is 2.26 bits per heavy atom. The predicted octanol–water partition coefficient (Wildman–Crippen LogP) is 4.06. The van der Waals surface area contributed by atoms with Gasteiger partial charge < -0.3 is 5.32 Å². The molecule has 120 valence electrons. The van der Waals surface area contributed by atoms with E-state index in [0.29, 0.717) is 5.56 Å². The lowest BCUT2D eigenvalue weighted by Gasteiger charge is -2.26. The number of carbonyl (C=O) groups excluding carboxylic acids is 1. The van der Waals surface area contributed by atoms with Gasteiger partial charge in [-0.2, -0.15) is 0 Å². The molecule has 0 unspecified atom stereocenters. The lowest BCUT2D eigenvalue weighted by molar-refractivity contribution is 0.102. The number of carbonyl (C=O) groups is 1. The van der Waals surface area contributed by atoms with Crippen molar-refractivity contribution in [1.29, 1.82) is 0 Å². The van der Waals surface area contributed by atoms with Crippen LogP contribution in [0.15, 0.2) is 48.5 Å². The highest BCUT2D eigenvalue weighted by atomic mass is 19.1. The van der Waals surface area contributed by atoms with Crippen molar-refractivity contribution in [2.24, 2.45) is 0 Å².